The summed E-state index contributed by atoms with van der Waals surface area (Å²) in [6, 6.07) is 5.58. The highest BCUT2D eigenvalue weighted by Gasteiger charge is 2.47. The number of nitrogens with zero attached hydrogens (tertiary/aromatic N) is 1. The lowest BCUT2D eigenvalue weighted by molar-refractivity contribution is -0.146. The molecule has 1 aliphatic carbocycles. The van der Waals surface area contributed by atoms with Crippen LogP contribution < -0.4 is 11.1 Å². The molecule has 0 aromatic heterocycles. The van der Waals surface area contributed by atoms with Crippen LogP contribution in [-0.2, 0) is 21.5 Å². The molecule has 1 saturated carbocycles. The Morgan fingerprint density at radius 2 is 1.97 bits per heavy atom. The molecule has 3 amide bonds. The first kappa shape index (κ1) is 25.1. The molecule has 0 saturated heterocycles. The zero-order valence-electron chi connectivity index (χ0n) is 19.8. The lowest BCUT2D eigenvalue weighted by Crippen LogP contribution is -2.56. The van der Waals surface area contributed by atoms with Gasteiger partial charge < -0.3 is 21.1 Å². The molecule has 1 heterocycles. The fourth-order valence-electron chi connectivity index (χ4n) is 4.51. The summed E-state index contributed by atoms with van der Waals surface area (Å²) in [6.45, 7) is 8.67. The molecule has 33 heavy (non-hydrogen) atoms. The average Bonchev–Trinajstić information content (AvgIpc) is 2.65. The van der Waals surface area contributed by atoms with E-state index in [0.29, 0.717) is 17.9 Å². The highest BCUT2D eigenvalue weighted by molar-refractivity contribution is 6.31. The second-order valence-corrected chi connectivity index (χ2v) is 11.0. The highest BCUT2D eigenvalue weighted by Crippen LogP contribution is 2.47. The van der Waals surface area contributed by atoms with Gasteiger partial charge >= 0.3 is 12.0 Å². The summed E-state index contributed by atoms with van der Waals surface area (Å²) >= 11 is 6.66. The van der Waals surface area contributed by atoms with E-state index in [9.17, 15) is 19.5 Å². The fourth-order valence-corrected chi connectivity index (χ4v) is 4.78. The molecule has 0 radical (unpaired) electrons. The van der Waals surface area contributed by atoms with Gasteiger partial charge in [0.25, 0.3) is 0 Å². The third-order valence-corrected chi connectivity index (χ3v) is 7.14. The van der Waals surface area contributed by atoms with Crippen molar-refractivity contribution in [1.29, 1.82) is 0 Å². The van der Waals surface area contributed by atoms with Gasteiger partial charge in [-0.15, -0.1) is 0 Å². The van der Waals surface area contributed by atoms with Crippen LogP contribution in [0.15, 0.2) is 30.0 Å². The number of nitrogens with two attached hydrogens (primary N) is 1. The lowest BCUT2D eigenvalue weighted by Gasteiger charge is -2.47. The van der Waals surface area contributed by atoms with Gasteiger partial charge in [0, 0.05) is 24.2 Å². The summed E-state index contributed by atoms with van der Waals surface area (Å²) in [5, 5.41) is 13.1. The first-order valence-electron chi connectivity index (χ1n) is 11.4. The van der Waals surface area contributed by atoms with E-state index in [0.717, 1.165) is 29.5 Å². The molecule has 8 heteroatoms. The summed E-state index contributed by atoms with van der Waals surface area (Å²) in [4.78, 5) is 37.0. The van der Waals surface area contributed by atoms with Crippen molar-refractivity contribution in [3.05, 3.63) is 46.1 Å². The van der Waals surface area contributed by atoms with Gasteiger partial charge in [-0.05, 0) is 66.7 Å². The van der Waals surface area contributed by atoms with Gasteiger partial charge in [-0.3, -0.25) is 9.59 Å². The molecule has 0 unspecified atom stereocenters. The number of amides is 3. The number of urea groups is 1. The van der Waals surface area contributed by atoms with E-state index < -0.39 is 17.4 Å². The second kappa shape index (κ2) is 9.37. The predicted octanol–water partition coefficient (Wildman–Crippen LogP) is 4.43. The molecule has 7 nitrogen and oxygen atoms in total. The Balaban J connectivity index is 1.93. The van der Waals surface area contributed by atoms with Crippen molar-refractivity contribution in [1.82, 2.24) is 10.2 Å². The molecule has 180 valence electrons. The minimum absolute atomic E-state index is 0.00659. The second-order valence-electron chi connectivity index (χ2n) is 10.6. The number of rotatable bonds is 8. The standard InChI is InChI=1S/C25H34ClN3O4/c1-24(2,3)9-7-15-5-6-18(13-20(15)26)25(4)19(16-11-17(12-16)22(31)32)14-29(23(33)28-25)10-8-21(27)30/h5-6,13-14,16-17H,7-12H2,1-4H3,(H2,27,30)(H,28,33)(H,31,32)/t16-,17+,25-/m0/s1. The Hall–Kier alpha value is -2.54. The van der Waals surface area contributed by atoms with Gasteiger partial charge in [0.15, 0.2) is 0 Å². The number of nitrogens with one attached hydrogen (secondary N) is 1. The minimum Gasteiger partial charge on any atom is -0.481 e. The summed E-state index contributed by atoms with van der Waals surface area (Å²) in [5.74, 6) is -1.67. The average molecular weight is 476 g/mol. The zero-order chi connectivity index (χ0) is 24.6. The molecule has 1 aromatic carbocycles. The number of carboxylic acids is 1. The molecule has 0 spiro atoms. The quantitative estimate of drug-likeness (QED) is 0.516. The van der Waals surface area contributed by atoms with E-state index in [4.69, 9.17) is 17.3 Å². The molecule has 3 rings (SSSR count). The molecular formula is C25H34ClN3O4. The van der Waals surface area contributed by atoms with E-state index >= 15 is 0 Å². The Morgan fingerprint density at radius 3 is 2.52 bits per heavy atom. The Labute approximate surface area is 200 Å². The number of hydrogen-bond acceptors (Lipinski definition) is 3. The number of primary amides is 1. The van der Waals surface area contributed by atoms with Crippen LogP contribution in [0.1, 0.15) is 64.5 Å². The van der Waals surface area contributed by atoms with Crippen molar-refractivity contribution in [2.75, 3.05) is 6.54 Å². The number of hydrogen-bond donors (Lipinski definition) is 3. The first-order chi connectivity index (χ1) is 15.3. The van der Waals surface area contributed by atoms with Crippen LogP contribution in [0.3, 0.4) is 0 Å². The van der Waals surface area contributed by atoms with Crippen molar-refractivity contribution in [3.63, 3.8) is 0 Å². The molecular weight excluding hydrogens is 442 g/mol. The normalized spacial score (nSPS) is 25.2. The number of carbonyl (C=O) groups excluding carboxylic acids is 2. The Morgan fingerprint density at radius 1 is 1.30 bits per heavy atom. The maximum Gasteiger partial charge on any atom is 0.322 e. The first-order valence-corrected chi connectivity index (χ1v) is 11.8. The molecule has 1 aromatic rings. The summed E-state index contributed by atoms with van der Waals surface area (Å²) in [6.07, 6.45) is 4.69. The van der Waals surface area contributed by atoms with Crippen LogP contribution in [0, 0.1) is 17.3 Å². The minimum atomic E-state index is -0.833. The molecule has 2 aliphatic rings. The van der Waals surface area contributed by atoms with Crippen molar-refractivity contribution in [2.24, 2.45) is 23.0 Å². The van der Waals surface area contributed by atoms with Crippen molar-refractivity contribution >= 4 is 29.5 Å². The Bertz CT molecular complexity index is 978. The van der Waals surface area contributed by atoms with Gasteiger partial charge in [-0.25, -0.2) is 4.79 Å². The molecule has 1 aliphatic heterocycles. The maximum atomic E-state index is 12.9. The van der Waals surface area contributed by atoms with Crippen LogP contribution >= 0.6 is 11.6 Å². The van der Waals surface area contributed by atoms with E-state index in [2.05, 4.69) is 26.1 Å². The van der Waals surface area contributed by atoms with Crippen molar-refractivity contribution in [2.45, 2.75) is 65.3 Å². The fraction of sp³-hybridized carbons (Fsp3) is 0.560. The number of carboxylic acid groups (broad SMARTS) is 1. The van der Waals surface area contributed by atoms with Gasteiger partial charge in [0.05, 0.1) is 11.5 Å². The van der Waals surface area contributed by atoms with Gasteiger partial charge in [-0.2, -0.15) is 0 Å². The van der Waals surface area contributed by atoms with E-state index in [1.807, 2.05) is 25.1 Å². The van der Waals surface area contributed by atoms with E-state index in [1.54, 1.807) is 6.20 Å². The van der Waals surface area contributed by atoms with Crippen LogP contribution in [0.2, 0.25) is 5.02 Å². The number of halogens is 1. The van der Waals surface area contributed by atoms with E-state index in [-0.39, 0.29) is 36.2 Å². The SMILES string of the molecule is CC(C)(C)CCc1ccc([C@]2(C)NC(=O)N(CCC(N)=O)C=C2[C@H]2C[C@@H](C(=O)O)C2)cc1Cl. The van der Waals surface area contributed by atoms with Crippen molar-refractivity contribution < 1.29 is 19.5 Å². The number of carbonyl (C=O) groups is 3. The predicted molar refractivity (Wildman–Crippen MR) is 128 cm³/mol. The van der Waals surface area contributed by atoms with Gasteiger partial charge in [0.1, 0.15) is 0 Å². The monoisotopic (exact) mass is 475 g/mol. The van der Waals surface area contributed by atoms with Crippen LogP contribution in [0.4, 0.5) is 4.79 Å². The van der Waals surface area contributed by atoms with E-state index in [1.165, 1.54) is 4.90 Å². The maximum absolute atomic E-state index is 12.9. The molecule has 0 bridgehead atoms. The molecule has 1 atom stereocenters. The summed E-state index contributed by atoms with van der Waals surface area (Å²) < 4.78 is 0. The van der Waals surface area contributed by atoms with Crippen LogP contribution in [0.25, 0.3) is 0 Å². The molecule has 4 N–H and O–H groups in total. The van der Waals surface area contributed by atoms with Gasteiger partial charge in [0.2, 0.25) is 5.91 Å². The summed E-state index contributed by atoms with van der Waals surface area (Å²) in [5.41, 5.74) is 7.45. The number of aliphatic carboxylic acids is 1. The summed E-state index contributed by atoms with van der Waals surface area (Å²) in [7, 11) is 0. The molecule has 1 fully saturated rings. The number of benzene rings is 1. The zero-order valence-corrected chi connectivity index (χ0v) is 20.5. The third kappa shape index (κ3) is 5.69. The topological polar surface area (TPSA) is 113 Å². The van der Waals surface area contributed by atoms with Crippen LogP contribution in [-0.4, -0.2) is 34.5 Å². The smallest absolute Gasteiger partial charge is 0.322 e. The van der Waals surface area contributed by atoms with Crippen molar-refractivity contribution in [3.8, 4) is 0 Å². The lowest BCUT2D eigenvalue weighted by atomic mass is 9.65. The third-order valence-electron chi connectivity index (χ3n) is 6.79. The largest absolute Gasteiger partial charge is 0.481 e. The van der Waals surface area contributed by atoms with Crippen LogP contribution in [0.5, 0.6) is 0 Å². The highest BCUT2D eigenvalue weighted by atomic mass is 35.5. The van der Waals surface area contributed by atoms with Gasteiger partial charge in [-0.1, -0.05) is 44.5 Å². The number of aryl methyl sites for hydroxylation is 1. The Kier molecular flexibility index (Phi) is 7.13.